The van der Waals surface area contributed by atoms with Gasteiger partial charge in [0.15, 0.2) is 5.69 Å². The molecule has 0 bridgehead atoms. The monoisotopic (exact) mass is 494 g/mol. The van der Waals surface area contributed by atoms with Gasteiger partial charge in [-0.05, 0) is 54.0 Å². The lowest BCUT2D eigenvalue weighted by Crippen LogP contribution is -2.42. The van der Waals surface area contributed by atoms with Crippen LogP contribution in [0.15, 0.2) is 56.6 Å². The molecule has 0 aliphatic rings. The lowest BCUT2D eigenvalue weighted by Gasteiger charge is -2.14. The van der Waals surface area contributed by atoms with E-state index in [1.165, 1.54) is 30.0 Å². The molecule has 2 N–H and O–H groups in total. The Balaban J connectivity index is 1.93. The normalized spacial score (nSPS) is 11.6. The van der Waals surface area contributed by atoms with E-state index in [9.17, 15) is 18.0 Å². The lowest BCUT2D eigenvalue weighted by atomic mass is 10.1. The first-order valence-corrected chi connectivity index (χ1v) is 11.1. The van der Waals surface area contributed by atoms with Gasteiger partial charge in [-0.25, -0.2) is 13.1 Å². The SMILES string of the molecule is COc1ccc(S(=O)(=O)NNC(=O)c2nn(C(C)C)c(=O)c3ccccc23)cc1Br. The Morgan fingerprint density at radius 1 is 1.17 bits per heavy atom. The molecule has 9 nitrogen and oxygen atoms in total. The predicted octanol–water partition coefficient (Wildman–Crippen LogP) is 2.37. The number of fused-ring (bicyclic) bond motifs is 1. The quantitative estimate of drug-likeness (QED) is 0.507. The summed E-state index contributed by atoms with van der Waals surface area (Å²) in [5, 5.41) is 4.78. The summed E-state index contributed by atoms with van der Waals surface area (Å²) >= 11 is 3.22. The third-order valence-electron chi connectivity index (χ3n) is 4.27. The fourth-order valence-corrected chi connectivity index (χ4v) is 4.33. The summed E-state index contributed by atoms with van der Waals surface area (Å²) in [5.74, 6) is -0.332. The minimum Gasteiger partial charge on any atom is -0.496 e. The smallest absolute Gasteiger partial charge is 0.287 e. The number of aromatic nitrogens is 2. The van der Waals surface area contributed by atoms with Gasteiger partial charge in [-0.3, -0.25) is 15.0 Å². The standard InChI is InChI=1S/C19H19BrN4O5S/c1-11(2)24-19(26)14-7-5-4-6-13(14)17(22-24)18(25)21-23-30(27,28)12-8-9-16(29-3)15(20)10-12/h4-11,23H,1-3H3,(H,21,25). The summed E-state index contributed by atoms with van der Waals surface area (Å²) in [6.07, 6.45) is 0. The average Bonchev–Trinajstić information content (AvgIpc) is 2.72. The number of nitrogens with one attached hydrogen (secondary N) is 2. The van der Waals surface area contributed by atoms with Crippen molar-refractivity contribution in [1.29, 1.82) is 0 Å². The molecule has 1 aromatic heterocycles. The van der Waals surface area contributed by atoms with Crippen LogP contribution < -0.4 is 20.6 Å². The Kier molecular flexibility index (Phi) is 6.25. The van der Waals surface area contributed by atoms with Gasteiger partial charge in [0.25, 0.3) is 21.5 Å². The molecular weight excluding hydrogens is 476 g/mol. The second-order valence-electron chi connectivity index (χ2n) is 6.59. The number of hydrazine groups is 1. The van der Waals surface area contributed by atoms with Crippen LogP contribution in [0, 0.1) is 0 Å². The Hall–Kier alpha value is -2.76. The van der Waals surface area contributed by atoms with E-state index in [4.69, 9.17) is 4.74 Å². The van der Waals surface area contributed by atoms with E-state index in [1.54, 1.807) is 38.1 Å². The van der Waals surface area contributed by atoms with Crippen LogP contribution in [-0.2, 0) is 10.0 Å². The van der Waals surface area contributed by atoms with Gasteiger partial charge in [0, 0.05) is 5.39 Å². The van der Waals surface area contributed by atoms with Crippen LogP contribution in [0.1, 0.15) is 30.4 Å². The maximum Gasteiger partial charge on any atom is 0.287 e. The third-order valence-corrected chi connectivity index (χ3v) is 6.13. The zero-order chi connectivity index (χ0) is 22.1. The maximum absolute atomic E-state index is 12.7. The zero-order valence-corrected chi connectivity index (χ0v) is 18.7. The summed E-state index contributed by atoms with van der Waals surface area (Å²) in [5.41, 5.74) is 1.76. The van der Waals surface area contributed by atoms with Crippen molar-refractivity contribution in [3.05, 3.63) is 63.0 Å². The minimum atomic E-state index is -4.06. The van der Waals surface area contributed by atoms with Gasteiger partial charge < -0.3 is 4.74 Å². The van der Waals surface area contributed by atoms with Crippen molar-refractivity contribution >= 4 is 42.6 Å². The highest BCUT2D eigenvalue weighted by Crippen LogP contribution is 2.27. The van der Waals surface area contributed by atoms with Gasteiger partial charge >= 0.3 is 0 Å². The Morgan fingerprint density at radius 2 is 1.83 bits per heavy atom. The molecule has 3 aromatic rings. The predicted molar refractivity (Wildman–Crippen MR) is 115 cm³/mol. The molecule has 11 heteroatoms. The number of sulfonamides is 1. The fourth-order valence-electron chi connectivity index (χ4n) is 2.77. The molecule has 0 fully saturated rings. The van der Waals surface area contributed by atoms with Gasteiger partial charge in [0.2, 0.25) is 0 Å². The Labute approximate surface area is 181 Å². The van der Waals surface area contributed by atoms with E-state index in [-0.39, 0.29) is 22.2 Å². The topological polar surface area (TPSA) is 119 Å². The Bertz CT molecular complexity index is 1290. The largest absolute Gasteiger partial charge is 0.496 e. The number of carbonyl (C=O) groups excluding carboxylic acids is 1. The number of amides is 1. The maximum atomic E-state index is 12.7. The number of rotatable bonds is 6. The molecule has 0 unspecified atom stereocenters. The van der Waals surface area contributed by atoms with Crippen molar-refractivity contribution in [1.82, 2.24) is 20.0 Å². The second kappa shape index (κ2) is 8.54. The summed E-state index contributed by atoms with van der Waals surface area (Å²) in [6.45, 7) is 3.52. The van der Waals surface area contributed by atoms with Crippen LogP contribution in [0.25, 0.3) is 10.8 Å². The third kappa shape index (κ3) is 4.23. The molecule has 0 spiro atoms. The second-order valence-corrected chi connectivity index (χ2v) is 9.13. The number of halogens is 1. The molecule has 158 valence electrons. The van der Waals surface area contributed by atoms with Crippen LogP contribution in [-0.4, -0.2) is 31.2 Å². The molecular formula is C19H19BrN4O5S. The molecule has 2 aromatic carbocycles. The molecule has 0 atom stereocenters. The van der Waals surface area contributed by atoms with Crippen molar-refractivity contribution in [2.75, 3.05) is 7.11 Å². The summed E-state index contributed by atoms with van der Waals surface area (Å²) in [6, 6.07) is 10.4. The van der Waals surface area contributed by atoms with Crippen molar-refractivity contribution in [2.45, 2.75) is 24.8 Å². The van der Waals surface area contributed by atoms with Crippen LogP contribution >= 0.6 is 15.9 Å². The molecule has 0 aliphatic heterocycles. The minimum absolute atomic E-state index is 0.0717. The molecule has 1 heterocycles. The number of methoxy groups -OCH3 is 1. The van der Waals surface area contributed by atoms with E-state index in [2.05, 4.69) is 26.5 Å². The average molecular weight is 495 g/mol. The zero-order valence-electron chi connectivity index (χ0n) is 16.3. The molecule has 0 radical (unpaired) electrons. The van der Waals surface area contributed by atoms with Gasteiger partial charge in [-0.2, -0.15) is 5.10 Å². The van der Waals surface area contributed by atoms with Crippen molar-refractivity contribution in [2.24, 2.45) is 0 Å². The van der Waals surface area contributed by atoms with Gasteiger partial charge in [-0.15, -0.1) is 4.83 Å². The summed E-state index contributed by atoms with van der Waals surface area (Å²) < 4.78 is 31.8. The first kappa shape index (κ1) is 21.9. The summed E-state index contributed by atoms with van der Waals surface area (Å²) in [7, 11) is -2.60. The van der Waals surface area contributed by atoms with E-state index in [1.807, 2.05) is 4.83 Å². The van der Waals surface area contributed by atoms with E-state index >= 15 is 0 Å². The van der Waals surface area contributed by atoms with Crippen LogP contribution in [0.5, 0.6) is 5.75 Å². The van der Waals surface area contributed by atoms with Crippen molar-refractivity contribution in [3.63, 3.8) is 0 Å². The van der Waals surface area contributed by atoms with Crippen LogP contribution in [0.2, 0.25) is 0 Å². The van der Waals surface area contributed by atoms with Crippen LogP contribution in [0.4, 0.5) is 0 Å². The number of hydrogen-bond acceptors (Lipinski definition) is 6. The number of benzene rings is 2. The highest BCUT2D eigenvalue weighted by Gasteiger charge is 2.21. The number of ether oxygens (including phenoxy) is 1. The number of carbonyl (C=O) groups is 1. The first-order valence-electron chi connectivity index (χ1n) is 8.83. The molecule has 0 saturated heterocycles. The van der Waals surface area contributed by atoms with E-state index < -0.39 is 15.9 Å². The number of hydrogen-bond donors (Lipinski definition) is 2. The summed E-state index contributed by atoms with van der Waals surface area (Å²) in [4.78, 5) is 27.3. The van der Waals surface area contributed by atoms with Gasteiger partial charge in [0.05, 0.1) is 27.9 Å². The van der Waals surface area contributed by atoms with Gasteiger partial charge in [0.1, 0.15) is 5.75 Å². The first-order chi connectivity index (χ1) is 14.2. The molecule has 0 saturated carbocycles. The van der Waals surface area contributed by atoms with Gasteiger partial charge in [-0.1, -0.05) is 18.2 Å². The number of nitrogens with zero attached hydrogens (tertiary/aromatic N) is 2. The van der Waals surface area contributed by atoms with Crippen LogP contribution in [0.3, 0.4) is 0 Å². The highest BCUT2D eigenvalue weighted by molar-refractivity contribution is 9.10. The molecule has 1 amide bonds. The van der Waals surface area contributed by atoms with E-state index in [0.717, 1.165) is 0 Å². The Morgan fingerprint density at radius 3 is 2.43 bits per heavy atom. The van der Waals surface area contributed by atoms with E-state index in [0.29, 0.717) is 21.0 Å². The van der Waals surface area contributed by atoms with Crippen molar-refractivity contribution in [3.8, 4) is 5.75 Å². The molecule has 30 heavy (non-hydrogen) atoms. The highest BCUT2D eigenvalue weighted by atomic mass is 79.9. The molecule has 3 rings (SSSR count). The molecule has 0 aliphatic carbocycles. The van der Waals surface area contributed by atoms with Crippen molar-refractivity contribution < 1.29 is 17.9 Å². The lowest BCUT2D eigenvalue weighted by molar-refractivity contribution is 0.0939. The fraction of sp³-hybridized carbons (Fsp3) is 0.211.